The quantitative estimate of drug-likeness (QED) is 0.272. The van der Waals surface area contributed by atoms with Gasteiger partial charge in [-0.25, -0.2) is 4.90 Å². The van der Waals surface area contributed by atoms with Crippen LogP contribution >= 0.6 is 11.6 Å². The second-order valence-electron chi connectivity index (χ2n) is 9.83. The third kappa shape index (κ3) is 3.72. The van der Waals surface area contributed by atoms with Crippen LogP contribution < -0.4 is 9.80 Å². The molecule has 2 aliphatic heterocycles. The highest BCUT2D eigenvalue weighted by molar-refractivity contribution is 6.30. The zero-order valence-electron chi connectivity index (χ0n) is 19.0. The molecule has 2 heterocycles. The van der Waals surface area contributed by atoms with Crippen molar-refractivity contribution in [1.82, 2.24) is 4.90 Å². The van der Waals surface area contributed by atoms with Crippen LogP contribution in [-0.4, -0.2) is 47.8 Å². The number of hydrogen-bond acceptors (Lipinski definition) is 6. The van der Waals surface area contributed by atoms with Crippen molar-refractivity contribution in [3.05, 3.63) is 75.3 Å². The molecule has 0 unspecified atom stereocenters. The zero-order valence-corrected chi connectivity index (χ0v) is 19.8. The lowest BCUT2D eigenvalue weighted by Gasteiger charge is -2.36. The smallest absolute Gasteiger partial charge is 0.294 e. The van der Waals surface area contributed by atoms with Crippen LogP contribution in [0.15, 0.2) is 54.6 Å². The predicted molar refractivity (Wildman–Crippen MR) is 132 cm³/mol. The van der Waals surface area contributed by atoms with E-state index in [-0.39, 0.29) is 41.2 Å². The van der Waals surface area contributed by atoms with E-state index in [2.05, 4.69) is 4.90 Å². The number of carbonyl (C=O) groups is 2. The third-order valence-electron chi connectivity index (χ3n) is 7.92. The van der Waals surface area contributed by atoms with Crippen LogP contribution in [0.5, 0.6) is 0 Å². The number of amides is 2. The molecule has 8 nitrogen and oxygen atoms in total. The van der Waals surface area contributed by atoms with Gasteiger partial charge in [0, 0.05) is 43.8 Å². The molecular weight excluding hydrogens is 468 g/mol. The summed E-state index contributed by atoms with van der Waals surface area (Å²) in [5.41, 5.74) is 1.91. The Balaban J connectivity index is 1.19. The Labute approximate surface area is 207 Å². The van der Waals surface area contributed by atoms with Crippen LogP contribution in [0.25, 0.3) is 0 Å². The molecule has 9 heteroatoms. The SMILES string of the molecule is O=C1[C@@H]2[C@@H](C(=O)N1c1ccc(N3CCN(Cc4ccc(Cl)cc4)CC3)c([N+](=O)[O-])c1)[C@H]1C=C[C@H]2C1. The van der Waals surface area contributed by atoms with Crippen LogP contribution in [0.4, 0.5) is 17.1 Å². The molecule has 0 aromatic heterocycles. The molecule has 2 aliphatic carbocycles. The first-order valence-electron chi connectivity index (χ1n) is 12.0. The van der Waals surface area contributed by atoms with E-state index in [0.29, 0.717) is 29.5 Å². The molecule has 2 amide bonds. The second-order valence-corrected chi connectivity index (χ2v) is 10.3. The minimum absolute atomic E-state index is 0.0765. The average Bonchev–Trinajstić information content (AvgIpc) is 3.54. The highest BCUT2D eigenvalue weighted by atomic mass is 35.5. The van der Waals surface area contributed by atoms with Crippen molar-refractivity contribution < 1.29 is 14.5 Å². The number of nitro benzene ring substituents is 1. The number of halogens is 1. The van der Waals surface area contributed by atoms with Crippen molar-refractivity contribution in [2.75, 3.05) is 36.0 Å². The van der Waals surface area contributed by atoms with Crippen molar-refractivity contribution in [1.29, 1.82) is 0 Å². The maximum Gasteiger partial charge on any atom is 0.294 e. The Bertz CT molecular complexity index is 1210. The number of benzene rings is 2. The summed E-state index contributed by atoms with van der Waals surface area (Å²) in [5, 5.41) is 12.7. The minimum Gasteiger partial charge on any atom is -0.363 e. The molecule has 2 saturated heterocycles. The molecule has 1 saturated carbocycles. The third-order valence-corrected chi connectivity index (χ3v) is 8.17. The van der Waals surface area contributed by atoms with E-state index in [1.807, 2.05) is 41.3 Å². The fourth-order valence-electron chi connectivity index (χ4n) is 6.22. The van der Waals surface area contributed by atoms with Gasteiger partial charge in [-0.2, -0.15) is 0 Å². The first-order valence-corrected chi connectivity index (χ1v) is 12.3. The average molecular weight is 493 g/mol. The van der Waals surface area contributed by atoms with Crippen LogP contribution in [0.1, 0.15) is 12.0 Å². The first-order chi connectivity index (χ1) is 16.9. The van der Waals surface area contributed by atoms with Crippen molar-refractivity contribution in [2.24, 2.45) is 23.7 Å². The molecule has 2 aromatic rings. The lowest BCUT2D eigenvalue weighted by Crippen LogP contribution is -2.46. The molecular formula is C26H25ClN4O4. The monoisotopic (exact) mass is 492 g/mol. The van der Waals surface area contributed by atoms with Gasteiger partial charge in [-0.05, 0) is 48.1 Å². The van der Waals surface area contributed by atoms with Crippen LogP contribution in [-0.2, 0) is 16.1 Å². The Morgan fingerprint density at radius 3 is 2.14 bits per heavy atom. The van der Waals surface area contributed by atoms with Crippen LogP contribution in [0.2, 0.25) is 5.02 Å². The highest BCUT2D eigenvalue weighted by Crippen LogP contribution is 2.53. The summed E-state index contributed by atoms with van der Waals surface area (Å²) in [7, 11) is 0. The predicted octanol–water partition coefficient (Wildman–Crippen LogP) is 3.88. The molecule has 6 rings (SSSR count). The van der Waals surface area contributed by atoms with Crippen LogP contribution in [0, 0.1) is 33.8 Å². The molecule has 2 bridgehead atoms. The lowest BCUT2D eigenvalue weighted by atomic mass is 9.85. The number of allylic oxidation sites excluding steroid dienone is 2. The molecule has 2 aromatic carbocycles. The Morgan fingerprint density at radius 1 is 0.914 bits per heavy atom. The summed E-state index contributed by atoms with van der Waals surface area (Å²) in [6, 6.07) is 12.5. The number of hydrogen-bond donors (Lipinski definition) is 0. The number of piperazine rings is 1. The van der Waals surface area contributed by atoms with Crippen molar-refractivity contribution in [3.8, 4) is 0 Å². The van der Waals surface area contributed by atoms with Gasteiger partial charge >= 0.3 is 0 Å². The second kappa shape index (κ2) is 8.46. The Morgan fingerprint density at radius 2 is 1.54 bits per heavy atom. The molecule has 0 spiro atoms. The summed E-state index contributed by atoms with van der Waals surface area (Å²) in [5.74, 6) is -0.908. The van der Waals surface area contributed by atoms with E-state index in [0.717, 1.165) is 26.1 Å². The molecule has 3 fully saturated rings. The molecule has 0 N–H and O–H groups in total. The molecule has 180 valence electrons. The van der Waals surface area contributed by atoms with E-state index >= 15 is 0 Å². The van der Waals surface area contributed by atoms with Gasteiger partial charge in [-0.3, -0.25) is 24.6 Å². The van der Waals surface area contributed by atoms with Gasteiger partial charge in [-0.15, -0.1) is 0 Å². The standard InChI is InChI=1S/C26H25ClN4O4/c27-19-5-1-16(2-6-19)15-28-9-11-29(12-10-28)21-8-7-20(14-22(21)31(34)35)30-25(32)23-17-3-4-18(13-17)24(23)26(30)33/h1-8,14,17-18,23-24H,9-13,15H2/t17-,18-,23-,24-/m0/s1. The normalized spacial score (nSPS) is 27.7. The van der Waals surface area contributed by atoms with Gasteiger partial charge in [0.2, 0.25) is 11.8 Å². The molecule has 0 radical (unpaired) electrons. The number of nitrogens with zero attached hydrogens (tertiary/aromatic N) is 4. The number of anilines is 2. The van der Waals surface area contributed by atoms with E-state index in [9.17, 15) is 19.7 Å². The van der Waals surface area contributed by atoms with Crippen LogP contribution in [0.3, 0.4) is 0 Å². The van der Waals surface area contributed by atoms with Gasteiger partial charge < -0.3 is 4.90 Å². The number of fused-ring (bicyclic) bond motifs is 5. The highest BCUT2D eigenvalue weighted by Gasteiger charge is 2.59. The summed E-state index contributed by atoms with van der Waals surface area (Å²) >= 11 is 5.97. The summed E-state index contributed by atoms with van der Waals surface area (Å²) in [6.07, 6.45) is 4.93. The Hall–Kier alpha value is -3.23. The van der Waals surface area contributed by atoms with Gasteiger partial charge in [-0.1, -0.05) is 35.9 Å². The summed E-state index contributed by atoms with van der Waals surface area (Å²) in [4.78, 5) is 43.4. The summed E-state index contributed by atoms with van der Waals surface area (Å²) < 4.78 is 0. The summed E-state index contributed by atoms with van der Waals surface area (Å²) in [6.45, 7) is 3.63. The molecule has 4 aliphatic rings. The fraction of sp³-hybridized carbons (Fsp3) is 0.385. The lowest BCUT2D eigenvalue weighted by molar-refractivity contribution is -0.384. The van der Waals surface area contributed by atoms with Crippen molar-refractivity contribution in [2.45, 2.75) is 13.0 Å². The minimum atomic E-state index is -0.421. The fourth-order valence-corrected chi connectivity index (χ4v) is 6.34. The Kier molecular flexibility index (Phi) is 5.38. The van der Waals surface area contributed by atoms with Gasteiger partial charge in [0.05, 0.1) is 22.4 Å². The van der Waals surface area contributed by atoms with E-state index in [4.69, 9.17) is 11.6 Å². The maximum absolute atomic E-state index is 13.1. The van der Waals surface area contributed by atoms with Gasteiger partial charge in [0.25, 0.3) is 5.69 Å². The van der Waals surface area contributed by atoms with E-state index < -0.39 is 4.92 Å². The first kappa shape index (κ1) is 22.2. The van der Waals surface area contributed by atoms with Gasteiger partial charge in [0.15, 0.2) is 0 Å². The van der Waals surface area contributed by atoms with Crippen molar-refractivity contribution >= 4 is 40.5 Å². The largest absolute Gasteiger partial charge is 0.363 e. The molecule has 35 heavy (non-hydrogen) atoms. The number of nitro groups is 1. The molecule has 4 atom stereocenters. The number of carbonyl (C=O) groups excluding carboxylic acids is 2. The maximum atomic E-state index is 13.1. The topological polar surface area (TPSA) is 87.0 Å². The van der Waals surface area contributed by atoms with Crippen molar-refractivity contribution in [3.63, 3.8) is 0 Å². The van der Waals surface area contributed by atoms with E-state index in [1.54, 1.807) is 12.1 Å². The van der Waals surface area contributed by atoms with E-state index in [1.165, 1.54) is 16.5 Å². The number of imide groups is 1. The van der Waals surface area contributed by atoms with Gasteiger partial charge in [0.1, 0.15) is 5.69 Å². The number of rotatable bonds is 5. The zero-order chi connectivity index (χ0) is 24.3.